The van der Waals surface area contributed by atoms with Crippen LogP contribution in [0.25, 0.3) is 0 Å². The summed E-state index contributed by atoms with van der Waals surface area (Å²) in [6, 6.07) is 8.91. The summed E-state index contributed by atoms with van der Waals surface area (Å²) in [5, 5.41) is 11.5. The summed E-state index contributed by atoms with van der Waals surface area (Å²) < 4.78 is 0. The molecule has 1 aromatic rings. The Morgan fingerprint density at radius 3 is 3.06 bits per heavy atom. The highest BCUT2D eigenvalue weighted by atomic mass is 16.1. The molecule has 0 heterocycles. The minimum absolute atomic E-state index is 0.169. The van der Waals surface area contributed by atoms with Gasteiger partial charge in [0.15, 0.2) is 0 Å². The Kier molecular flexibility index (Phi) is 3.93. The van der Waals surface area contributed by atoms with Gasteiger partial charge >= 0.3 is 0 Å². The maximum Gasteiger partial charge on any atom is 0.248 e. The van der Waals surface area contributed by atoms with Crippen LogP contribution in [-0.4, -0.2) is 5.91 Å². The molecule has 0 radical (unpaired) electrons. The maximum absolute atomic E-state index is 11.7. The highest BCUT2D eigenvalue weighted by Gasteiger charge is 2.02. The molecule has 18 heavy (non-hydrogen) atoms. The lowest BCUT2D eigenvalue weighted by atomic mass is 10.2. The van der Waals surface area contributed by atoms with E-state index >= 15 is 0 Å². The van der Waals surface area contributed by atoms with Crippen molar-refractivity contribution in [3.8, 4) is 6.07 Å². The van der Waals surface area contributed by atoms with Crippen molar-refractivity contribution in [2.24, 2.45) is 0 Å². The number of carbonyl (C=O) groups is 1. The second kappa shape index (κ2) is 5.83. The molecule has 0 spiro atoms. The molecule has 2 rings (SSSR count). The smallest absolute Gasteiger partial charge is 0.248 e. The van der Waals surface area contributed by atoms with Crippen molar-refractivity contribution < 1.29 is 4.79 Å². The van der Waals surface area contributed by atoms with Gasteiger partial charge in [-0.05, 0) is 37.5 Å². The molecule has 0 aromatic heterocycles. The van der Waals surface area contributed by atoms with Crippen LogP contribution in [0.5, 0.6) is 0 Å². The van der Waals surface area contributed by atoms with Crippen LogP contribution in [0.4, 0.5) is 5.69 Å². The SMILES string of the molecule is N#Cc1cccc(NC(=O)C=CC2=CCCC2)c1. The van der Waals surface area contributed by atoms with Crippen LogP contribution in [-0.2, 0) is 4.79 Å². The number of anilines is 1. The summed E-state index contributed by atoms with van der Waals surface area (Å²) >= 11 is 0. The summed E-state index contributed by atoms with van der Waals surface area (Å²) in [6.45, 7) is 0. The highest BCUT2D eigenvalue weighted by molar-refractivity contribution is 5.99. The molecule has 1 aliphatic carbocycles. The van der Waals surface area contributed by atoms with E-state index in [1.54, 1.807) is 24.3 Å². The monoisotopic (exact) mass is 238 g/mol. The van der Waals surface area contributed by atoms with Gasteiger partial charge < -0.3 is 5.32 Å². The molecule has 1 aromatic carbocycles. The van der Waals surface area contributed by atoms with E-state index in [4.69, 9.17) is 5.26 Å². The van der Waals surface area contributed by atoms with Crippen LogP contribution >= 0.6 is 0 Å². The van der Waals surface area contributed by atoms with Gasteiger partial charge in [-0.15, -0.1) is 0 Å². The second-order valence-electron chi connectivity index (χ2n) is 4.19. The van der Waals surface area contributed by atoms with Crippen molar-refractivity contribution in [1.29, 1.82) is 5.26 Å². The van der Waals surface area contributed by atoms with E-state index in [1.165, 1.54) is 18.1 Å². The van der Waals surface area contributed by atoms with Gasteiger partial charge in [0.1, 0.15) is 0 Å². The van der Waals surface area contributed by atoms with Crippen LogP contribution < -0.4 is 5.32 Å². The molecule has 0 saturated carbocycles. The maximum atomic E-state index is 11.7. The van der Waals surface area contributed by atoms with Crippen LogP contribution in [0.15, 0.2) is 48.1 Å². The number of allylic oxidation sites excluding steroid dienone is 3. The Hall–Kier alpha value is -2.34. The van der Waals surface area contributed by atoms with Gasteiger partial charge in [-0.2, -0.15) is 5.26 Å². The van der Waals surface area contributed by atoms with E-state index in [0.29, 0.717) is 11.3 Å². The molecule has 90 valence electrons. The first-order chi connectivity index (χ1) is 8.78. The average molecular weight is 238 g/mol. The van der Waals surface area contributed by atoms with Crippen LogP contribution in [0.2, 0.25) is 0 Å². The van der Waals surface area contributed by atoms with Gasteiger partial charge in [0.25, 0.3) is 0 Å². The molecule has 0 aliphatic heterocycles. The summed E-state index contributed by atoms with van der Waals surface area (Å²) in [4.78, 5) is 11.7. The number of hydrogen-bond acceptors (Lipinski definition) is 2. The lowest BCUT2D eigenvalue weighted by molar-refractivity contribution is -0.111. The third kappa shape index (κ3) is 3.33. The average Bonchev–Trinajstić information content (AvgIpc) is 2.90. The number of amides is 1. The fourth-order valence-corrected chi connectivity index (χ4v) is 1.88. The third-order valence-electron chi connectivity index (χ3n) is 2.78. The number of nitrogens with one attached hydrogen (secondary N) is 1. The van der Waals surface area contributed by atoms with Crippen molar-refractivity contribution in [3.05, 3.63) is 53.6 Å². The van der Waals surface area contributed by atoms with Crippen molar-refractivity contribution in [3.63, 3.8) is 0 Å². The molecule has 1 N–H and O–H groups in total. The van der Waals surface area contributed by atoms with Crippen molar-refractivity contribution in [2.45, 2.75) is 19.3 Å². The number of benzene rings is 1. The minimum Gasteiger partial charge on any atom is -0.322 e. The first-order valence-corrected chi connectivity index (χ1v) is 5.96. The van der Waals surface area contributed by atoms with E-state index in [-0.39, 0.29) is 5.91 Å². The van der Waals surface area contributed by atoms with Crippen LogP contribution in [0.1, 0.15) is 24.8 Å². The summed E-state index contributed by atoms with van der Waals surface area (Å²) in [6.07, 6.45) is 8.87. The topological polar surface area (TPSA) is 52.9 Å². The molecule has 3 nitrogen and oxygen atoms in total. The number of rotatable bonds is 3. The predicted octanol–water partition coefficient (Wildman–Crippen LogP) is 3.16. The first kappa shape index (κ1) is 12.1. The Balaban J connectivity index is 1.96. The van der Waals surface area contributed by atoms with Gasteiger partial charge in [0.2, 0.25) is 5.91 Å². The van der Waals surface area contributed by atoms with E-state index < -0.39 is 0 Å². The Labute approximate surface area is 106 Å². The molecule has 0 unspecified atom stereocenters. The normalized spacial score (nSPS) is 14.3. The van der Waals surface area contributed by atoms with Crippen molar-refractivity contribution in [2.75, 3.05) is 5.32 Å². The number of nitrogens with zero attached hydrogens (tertiary/aromatic N) is 1. The van der Waals surface area contributed by atoms with Crippen LogP contribution in [0, 0.1) is 11.3 Å². The Morgan fingerprint density at radius 1 is 1.44 bits per heavy atom. The zero-order chi connectivity index (χ0) is 12.8. The summed E-state index contributed by atoms with van der Waals surface area (Å²) in [7, 11) is 0. The quantitative estimate of drug-likeness (QED) is 0.822. The summed E-state index contributed by atoms with van der Waals surface area (Å²) in [5.74, 6) is -0.169. The highest BCUT2D eigenvalue weighted by Crippen LogP contribution is 2.18. The zero-order valence-corrected chi connectivity index (χ0v) is 10.0. The zero-order valence-electron chi connectivity index (χ0n) is 10.0. The predicted molar refractivity (Wildman–Crippen MR) is 70.9 cm³/mol. The Bertz CT molecular complexity index is 550. The molecular formula is C15H14N2O. The molecule has 0 atom stereocenters. The lowest BCUT2D eigenvalue weighted by Crippen LogP contribution is -2.07. The molecular weight excluding hydrogens is 224 g/mol. The van der Waals surface area contributed by atoms with Gasteiger partial charge in [-0.25, -0.2) is 0 Å². The molecule has 0 bridgehead atoms. The Morgan fingerprint density at radius 2 is 2.33 bits per heavy atom. The molecule has 1 aliphatic rings. The molecule has 0 saturated heterocycles. The van der Waals surface area contributed by atoms with Crippen molar-refractivity contribution >= 4 is 11.6 Å². The second-order valence-corrected chi connectivity index (χ2v) is 4.19. The number of nitriles is 1. The van der Waals surface area contributed by atoms with Gasteiger partial charge in [-0.1, -0.05) is 23.8 Å². The van der Waals surface area contributed by atoms with Crippen LogP contribution in [0.3, 0.4) is 0 Å². The third-order valence-corrected chi connectivity index (χ3v) is 2.78. The standard InChI is InChI=1S/C15H14N2O/c16-11-13-6-3-7-14(10-13)17-15(18)9-8-12-4-1-2-5-12/h3-4,6-10H,1-2,5H2,(H,17,18). The minimum atomic E-state index is -0.169. The van der Waals surface area contributed by atoms with Gasteiger partial charge in [-0.3, -0.25) is 4.79 Å². The van der Waals surface area contributed by atoms with Crippen molar-refractivity contribution in [1.82, 2.24) is 0 Å². The van der Waals surface area contributed by atoms with E-state index in [0.717, 1.165) is 12.8 Å². The first-order valence-electron chi connectivity index (χ1n) is 5.96. The molecule has 3 heteroatoms. The molecule has 0 fully saturated rings. The fourth-order valence-electron chi connectivity index (χ4n) is 1.88. The van der Waals surface area contributed by atoms with E-state index in [9.17, 15) is 4.79 Å². The fraction of sp³-hybridized carbons (Fsp3) is 0.200. The summed E-state index contributed by atoms with van der Waals surface area (Å²) in [5.41, 5.74) is 2.40. The number of hydrogen-bond donors (Lipinski definition) is 1. The largest absolute Gasteiger partial charge is 0.322 e. The van der Waals surface area contributed by atoms with Gasteiger partial charge in [0, 0.05) is 11.8 Å². The van der Waals surface area contributed by atoms with E-state index in [2.05, 4.69) is 11.4 Å². The van der Waals surface area contributed by atoms with Gasteiger partial charge in [0.05, 0.1) is 11.6 Å². The number of carbonyl (C=O) groups excluding carboxylic acids is 1. The van der Waals surface area contributed by atoms with E-state index in [1.807, 2.05) is 12.1 Å². The molecule has 1 amide bonds. The lowest BCUT2D eigenvalue weighted by Gasteiger charge is -2.01.